The third kappa shape index (κ3) is 2.78. The first-order valence-corrected chi connectivity index (χ1v) is 5.01. The number of aliphatic hydroxyl groups is 3. The van der Waals surface area contributed by atoms with Gasteiger partial charge in [-0.15, -0.1) is 0 Å². The van der Waals surface area contributed by atoms with Gasteiger partial charge in [0.25, 0.3) is 0 Å². The van der Waals surface area contributed by atoms with Gasteiger partial charge in [0.2, 0.25) is 0 Å². The van der Waals surface area contributed by atoms with Crippen molar-refractivity contribution in [3.05, 3.63) is 35.4 Å². The van der Waals surface area contributed by atoms with E-state index in [1.807, 2.05) is 26.0 Å². The number of benzene rings is 1. The van der Waals surface area contributed by atoms with Crippen LogP contribution in [-0.2, 0) is 5.41 Å². The minimum atomic E-state index is -0.823. The second-order valence-corrected chi connectivity index (χ2v) is 4.36. The molecule has 0 amide bonds. The van der Waals surface area contributed by atoms with Crippen molar-refractivity contribution in [2.75, 3.05) is 13.2 Å². The van der Waals surface area contributed by atoms with Gasteiger partial charge in [-0.05, 0) is 11.1 Å². The Morgan fingerprint density at radius 2 is 1.67 bits per heavy atom. The number of rotatable bonds is 4. The molecule has 0 aliphatic heterocycles. The molecule has 0 aliphatic rings. The molecule has 1 rings (SSSR count). The molecular formula is C12H18O3. The highest BCUT2D eigenvalue weighted by atomic mass is 16.3. The van der Waals surface area contributed by atoms with E-state index >= 15 is 0 Å². The average Bonchev–Trinajstić information content (AvgIpc) is 2.28. The fraction of sp³-hybridized carbons (Fsp3) is 0.500. The molecule has 84 valence electrons. The Labute approximate surface area is 90.0 Å². The molecule has 0 saturated carbocycles. The first-order chi connectivity index (χ1) is 7.01. The Balaban J connectivity index is 2.90. The molecule has 15 heavy (non-hydrogen) atoms. The van der Waals surface area contributed by atoms with E-state index in [4.69, 9.17) is 5.11 Å². The molecular weight excluding hydrogens is 192 g/mol. The Kier molecular flexibility index (Phi) is 3.85. The van der Waals surface area contributed by atoms with Crippen LogP contribution in [0.1, 0.15) is 31.1 Å². The topological polar surface area (TPSA) is 60.7 Å². The van der Waals surface area contributed by atoms with Crippen LogP contribution in [0, 0.1) is 0 Å². The maximum absolute atomic E-state index is 9.38. The van der Waals surface area contributed by atoms with Crippen molar-refractivity contribution in [3.8, 4) is 0 Å². The van der Waals surface area contributed by atoms with Gasteiger partial charge in [0, 0.05) is 5.41 Å². The molecule has 1 unspecified atom stereocenters. The van der Waals surface area contributed by atoms with Gasteiger partial charge in [-0.2, -0.15) is 0 Å². The second kappa shape index (κ2) is 4.75. The first-order valence-electron chi connectivity index (χ1n) is 5.01. The summed E-state index contributed by atoms with van der Waals surface area (Å²) in [6, 6.07) is 7.27. The molecule has 0 radical (unpaired) electrons. The molecule has 3 N–H and O–H groups in total. The van der Waals surface area contributed by atoms with Crippen molar-refractivity contribution < 1.29 is 15.3 Å². The van der Waals surface area contributed by atoms with Crippen molar-refractivity contribution in [3.63, 3.8) is 0 Å². The SMILES string of the molecule is CC(C)(CO)c1ccc(C(O)CO)cc1. The lowest BCUT2D eigenvalue weighted by Gasteiger charge is -2.22. The summed E-state index contributed by atoms with van der Waals surface area (Å²) >= 11 is 0. The van der Waals surface area contributed by atoms with Crippen LogP contribution in [0.2, 0.25) is 0 Å². The maximum atomic E-state index is 9.38. The van der Waals surface area contributed by atoms with E-state index in [2.05, 4.69) is 0 Å². The molecule has 0 aromatic heterocycles. The van der Waals surface area contributed by atoms with Crippen LogP contribution in [0.3, 0.4) is 0 Å². The van der Waals surface area contributed by atoms with E-state index in [9.17, 15) is 10.2 Å². The predicted octanol–water partition coefficient (Wildman–Crippen LogP) is 0.982. The van der Waals surface area contributed by atoms with Gasteiger partial charge in [0.05, 0.1) is 13.2 Å². The molecule has 1 aromatic carbocycles. The van der Waals surface area contributed by atoms with Crippen LogP contribution in [0.25, 0.3) is 0 Å². The zero-order valence-corrected chi connectivity index (χ0v) is 9.14. The van der Waals surface area contributed by atoms with Crippen molar-refractivity contribution in [1.29, 1.82) is 0 Å². The van der Waals surface area contributed by atoms with Crippen LogP contribution in [-0.4, -0.2) is 28.5 Å². The lowest BCUT2D eigenvalue weighted by molar-refractivity contribution is 0.0956. The van der Waals surface area contributed by atoms with Crippen LogP contribution < -0.4 is 0 Å². The summed E-state index contributed by atoms with van der Waals surface area (Å²) in [7, 11) is 0. The van der Waals surface area contributed by atoms with Gasteiger partial charge >= 0.3 is 0 Å². The van der Waals surface area contributed by atoms with Crippen LogP contribution >= 0.6 is 0 Å². The second-order valence-electron chi connectivity index (χ2n) is 4.36. The fourth-order valence-corrected chi connectivity index (χ4v) is 1.35. The number of hydrogen-bond acceptors (Lipinski definition) is 3. The van der Waals surface area contributed by atoms with E-state index in [0.717, 1.165) is 5.56 Å². The Morgan fingerprint density at radius 3 is 2.07 bits per heavy atom. The molecule has 0 aliphatic carbocycles. The maximum Gasteiger partial charge on any atom is 0.102 e. The molecule has 3 nitrogen and oxygen atoms in total. The molecule has 3 heteroatoms. The van der Waals surface area contributed by atoms with Gasteiger partial charge in [0.1, 0.15) is 6.10 Å². The van der Waals surface area contributed by atoms with Crippen molar-refractivity contribution in [1.82, 2.24) is 0 Å². The summed E-state index contributed by atoms with van der Waals surface area (Å²) in [4.78, 5) is 0. The van der Waals surface area contributed by atoms with Gasteiger partial charge in [0.15, 0.2) is 0 Å². The lowest BCUT2D eigenvalue weighted by Crippen LogP contribution is -2.22. The van der Waals surface area contributed by atoms with Gasteiger partial charge in [-0.25, -0.2) is 0 Å². The normalized spacial score (nSPS) is 13.9. The largest absolute Gasteiger partial charge is 0.395 e. The minimum Gasteiger partial charge on any atom is -0.395 e. The first kappa shape index (κ1) is 12.2. The van der Waals surface area contributed by atoms with E-state index in [-0.39, 0.29) is 18.6 Å². The zero-order chi connectivity index (χ0) is 11.5. The highest BCUT2D eigenvalue weighted by Gasteiger charge is 2.19. The lowest BCUT2D eigenvalue weighted by atomic mass is 9.85. The molecule has 0 spiro atoms. The average molecular weight is 210 g/mol. The van der Waals surface area contributed by atoms with Crippen LogP contribution in [0.5, 0.6) is 0 Å². The monoisotopic (exact) mass is 210 g/mol. The highest BCUT2D eigenvalue weighted by Crippen LogP contribution is 2.24. The predicted molar refractivity (Wildman–Crippen MR) is 58.6 cm³/mol. The Hall–Kier alpha value is -0.900. The van der Waals surface area contributed by atoms with E-state index in [1.165, 1.54) is 0 Å². The van der Waals surface area contributed by atoms with E-state index in [0.29, 0.717) is 5.56 Å². The summed E-state index contributed by atoms with van der Waals surface area (Å²) in [6.45, 7) is 3.70. The van der Waals surface area contributed by atoms with Gasteiger partial charge in [-0.3, -0.25) is 0 Å². The molecule has 0 heterocycles. The standard InChI is InChI=1S/C12H18O3/c1-12(2,8-14)10-5-3-9(4-6-10)11(15)7-13/h3-6,11,13-15H,7-8H2,1-2H3. The van der Waals surface area contributed by atoms with Crippen LogP contribution in [0.15, 0.2) is 24.3 Å². The Bertz CT molecular complexity index is 303. The summed E-state index contributed by atoms with van der Waals surface area (Å²) in [5, 5.41) is 27.3. The molecule has 0 saturated heterocycles. The summed E-state index contributed by atoms with van der Waals surface area (Å²) < 4.78 is 0. The van der Waals surface area contributed by atoms with Crippen molar-refractivity contribution in [2.45, 2.75) is 25.4 Å². The number of hydrogen-bond donors (Lipinski definition) is 3. The van der Waals surface area contributed by atoms with E-state index < -0.39 is 6.10 Å². The molecule has 0 bridgehead atoms. The quantitative estimate of drug-likeness (QED) is 0.694. The zero-order valence-electron chi connectivity index (χ0n) is 9.14. The highest BCUT2D eigenvalue weighted by molar-refractivity contribution is 5.29. The van der Waals surface area contributed by atoms with E-state index in [1.54, 1.807) is 12.1 Å². The molecule has 1 atom stereocenters. The summed E-state index contributed by atoms with van der Waals surface area (Å²) in [6.07, 6.45) is -0.823. The minimum absolute atomic E-state index is 0.0783. The van der Waals surface area contributed by atoms with Gasteiger partial charge < -0.3 is 15.3 Å². The smallest absolute Gasteiger partial charge is 0.102 e. The van der Waals surface area contributed by atoms with Gasteiger partial charge in [-0.1, -0.05) is 38.1 Å². The molecule has 1 aromatic rings. The summed E-state index contributed by atoms with van der Waals surface area (Å²) in [5.74, 6) is 0. The molecule has 0 fully saturated rings. The van der Waals surface area contributed by atoms with Crippen molar-refractivity contribution >= 4 is 0 Å². The number of aliphatic hydroxyl groups excluding tert-OH is 3. The third-order valence-corrected chi connectivity index (χ3v) is 2.65. The Morgan fingerprint density at radius 1 is 1.13 bits per heavy atom. The third-order valence-electron chi connectivity index (χ3n) is 2.65. The van der Waals surface area contributed by atoms with Crippen molar-refractivity contribution in [2.24, 2.45) is 0 Å². The van der Waals surface area contributed by atoms with Crippen LogP contribution in [0.4, 0.5) is 0 Å². The fourth-order valence-electron chi connectivity index (χ4n) is 1.35. The summed E-state index contributed by atoms with van der Waals surface area (Å²) in [5.41, 5.74) is 1.43.